The number of nitrogens with zero attached hydrogens (tertiary/aromatic N) is 2. The SMILES string of the molecule is CCn1c(C)cc(=O)c(O)c1CN1CCc2ccccc2C1. The number of pyridine rings is 1. The van der Waals surface area contributed by atoms with E-state index in [0.29, 0.717) is 6.54 Å². The van der Waals surface area contributed by atoms with Gasteiger partial charge in [0.2, 0.25) is 5.43 Å². The maximum atomic E-state index is 11.9. The Morgan fingerprint density at radius 2 is 1.95 bits per heavy atom. The third-order valence-corrected chi connectivity index (χ3v) is 4.50. The number of aryl methyl sites for hydroxylation is 1. The van der Waals surface area contributed by atoms with Gasteiger partial charge in [0.15, 0.2) is 5.75 Å². The van der Waals surface area contributed by atoms with E-state index in [-0.39, 0.29) is 11.2 Å². The van der Waals surface area contributed by atoms with Crippen molar-refractivity contribution in [1.82, 2.24) is 9.47 Å². The molecule has 4 heteroatoms. The van der Waals surface area contributed by atoms with Crippen molar-refractivity contribution in [3.05, 3.63) is 63.1 Å². The lowest BCUT2D eigenvalue weighted by molar-refractivity contribution is 0.234. The standard InChI is InChI=1S/C18H22N2O2/c1-3-20-13(2)10-17(21)18(22)16(20)12-19-9-8-14-6-4-5-7-15(14)11-19/h4-7,10,22H,3,8-9,11-12H2,1-2H3. The molecule has 0 amide bonds. The summed E-state index contributed by atoms with van der Waals surface area (Å²) in [7, 11) is 0. The minimum Gasteiger partial charge on any atom is -0.503 e. The summed E-state index contributed by atoms with van der Waals surface area (Å²) in [5.74, 6) is -0.105. The van der Waals surface area contributed by atoms with Gasteiger partial charge in [0.05, 0.1) is 5.69 Å². The van der Waals surface area contributed by atoms with Gasteiger partial charge in [-0.15, -0.1) is 0 Å². The number of aromatic nitrogens is 1. The summed E-state index contributed by atoms with van der Waals surface area (Å²) >= 11 is 0. The third-order valence-electron chi connectivity index (χ3n) is 4.50. The lowest BCUT2D eigenvalue weighted by Crippen LogP contribution is -2.32. The zero-order valence-electron chi connectivity index (χ0n) is 13.2. The van der Waals surface area contributed by atoms with Crippen LogP contribution in [0.15, 0.2) is 35.1 Å². The summed E-state index contributed by atoms with van der Waals surface area (Å²) in [5.41, 5.74) is 4.09. The number of fused-ring (bicyclic) bond motifs is 1. The second-order valence-corrected chi connectivity index (χ2v) is 5.92. The summed E-state index contributed by atoms with van der Waals surface area (Å²) < 4.78 is 2.03. The van der Waals surface area contributed by atoms with Crippen LogP contribution >= 0.6 is 0 Å². The van der Waals surface area contributed by atoms with E-state index in [0.717, 1.165) is 37.4 Å². The van der Waals surface area contributed by atoms with Gasteiger partial charge in [-0.05, 0) is 31.4 Å². The van der Waals surface area contributed by atoms with E-state index in [2.05, 4.69) is 29.2 Å². The molecule has 1 aliphatic rings. The highest BCUT2D eigenvalue weighted by molar-refractivity contribution is 5.32. The van der Waals surface area contributed by atoms with Crippen molar-refractivity contribution in [3.8, 4) is 5.75 Å². The van der Waals surface area contributed by atoms with Crippen molar-refractivity contribution in [1.29, 1.82) is 0 Å². The Balaban J connectivity index is 1.90. The Morgan fingerprint density at radius 1 is 1.23 bits per heavy atom. The molecule has 2 heterocycles. The van der Waals surface area contributed by atoms with Crippen LogP contribution in [0.1, 0.15) is 29.4 Å². The molecule has 0 atom stereocenters. The smallest absolute Gasteiger partial charge is 0.223 e. The average molecular weight is 298 g/mol. The van der Waals surface area contributed by atoms with Crippen LogP contribution in [0.3, 0.4) is 0 Å². The van der Waals surface area contributed by atoms with Crippen LogP contribution in [0.2, 0.25) is 0 Å². The minimum absolute atomic E-state index is 0.105. The van der Waals surface area contributed by atoms with Crippen LogP contribution in [0.25, 0.3) is 0 Å². The second-order valence-electron chi connectivity index (χ2n) is 5.92. The van der Waals surface area contributed by atoms with Gasteiger partial charge >= 0.3 is 0 Å². The Labute approximate surface area is 130 Å². The molecule has 2 aromatic rings. The topological polar surface area (TPSA) is 45.5 Å². The summed E-state index contributed by atoms with van der Waals surface area (Å²) in [5, 5.41) is 10.2. The second kappa shape index (κ2) is 5.97. The van der Waals surface area contributed by atoms with Crippen LogP contribution in [-0.4, -0.2) is 21.1 Å². The fourth-order valence-electron chi connectivity index (χ4n) is 3.32. The molecule has 116 valence electrons. The molecule has 1 aromatic heterocycles. The first-order chi connectivity index (χ1) is 10.6. The van der Waals surface area contributed by atoms with Gasteiger partial charge in [-0.3, -0.25) is 9.69 Å². The average Bonchev–Trinajstić information content (AvgIpc) is 2.52. The minimum atomic E-state index is -0.283. The maximum Gasteiger partial charge on any atom is 0.223 e. The monoisotopic (exact) mass is 298 g/mol. The van der Waals surface area contributed by atoms with E-state index >= 15 is 0 Å². The molecule has 0 fully saturated rings. The number of aromatic hydroxyl groups is 1. The van der Waals surface area contributed by atoms with E-state index in [9.17, 15) is 9.90 Å². The molecule has 0 bridgehead atoms. The van der Waals surface area contributed by atoms with E-state index in [1.54, 1.807) is 0 Å². The summed E-state index contributed by atoms with van der Waals surface area (Å²) in [6, 6.07) is 9.99. The van der Waals surface area contributed by atoms with Crippen molar-refractivity contribution in [2.24, 2.45) is 0 Å². The molecular formula is C18H22N2O2. The molecule has 1 N–H and O–H groups in total. The summed E-state index contributed by atoms with van der Waals surface area (Å²) in [6.07, 6.45) is 1.01. The lowest BCUT2D eigenvalue weighted by atomic mass is 10.00. The van der Waals surface area contributed by atoms with Crippen LogP contribution in [0.4, 0.5) is 0 Å². The first-order valence-corrected chi connectivity index (χ1v) is 7.81. The van der Waals surface area contributed by atoms with Gasteiger partial charge in [-0.2, -0.15) is 0 Å². The first kappa shape index (κ1) is 14.9. The zero-order valence-corrected chi connectivity index (χ0v) is 13.2. The number of rotatable bonds is 3. The van der Waals surface area contributed by atoms with Crippen LogP contribution in [0, 0.1) is 6.92 Å². The van der Waals surface area contributed by atoms with Gasteiger partial charge < -0.3 is 9.67 Å². The number of benzene rings is 1. The highest BCUT2D eigenvalue weighted by atomic mass is 16.3. The molecule has 0 saturated heterocycles. The molecule has 1 aromatic carbocycles. The maximum absolute atomic E-state index is 11.9. The van der Waals surface area contributed by atoms with Crippen LogP contribution < -0.4 is 5.43 Å². The van der Waals surface area contributed by atoms with Gasteiger partial charge in [0.25, 0.3) is 0 Å². The number of hydrogen-bond acceptors (Lipinski definition) is 3. The largest absolute Gasteiger partial charge is 0.503 e. The highest BCUT2D eigenvalue weighted by Crippen LogP contribution is 2.23. The summed E-state index contributed by atoms with van der Waals surface area (Å²) in [6.45, 7) is 7.11. The molecule has 22 heavy (non-hydrogen) atoms. The van der Waals surface area contributed by atoms with E-state index in [4.69, 9.17) is 0 Å². The molecule has 0 spiro atoms. The van der Waals surface area contributed by atoms with Crippen molar-refractivity contribution in [2.45, 2.75) is 39.9 Å². The van der Waals surface area contributed by atoms with Crippen molar-refractivity contribution < 1.29 is 5.11 Å². The fraction of sp³-hybridized carbons (Fsp3) is 0.389. The molecule has 3 rings (SSSR count). The Kier molecular flexibility index (Phi) is 4.03. The van der Waals surface area contributed by atoms with Gasteiger partial charge in [0, 0.05) is 37.9 Å². The van der Waals surface area contributed by atoms with Crippen LogP contribution in [-0.2, 0) is 26.1 Å². The highest BCUT2D eigenvalue weighted by Gasteiger charge is 2.20. The van der Waals surface area contributed by atoms with E-state index in [1.165, 1.54) is 17.2 Å². The predicted octanol–water partition coefficient (Wildman–Crippen LogP) is 2.44. The van der Waals surface area contributed by atoms with Gasteiger partial charge in [-0.25, -0.2) is 0 Å². The lowest BCUT2D eigenvalue weighted by Gasteiger charge is -2.30. The molecule has 0 unspecified atom stereocenters. The quantitative estimate of drug-likeness (QED) is 0.946. The zero-order chi connectivity index (χ0) is 15.7. The molecule has 0 aliphatic carbocycles. The normalized spacial score (nSPS) is 14.8. The Bertz CT molecular complexity index is 749. The molecular weight excluding hydrogens is 276 g/mol. The Morgan fingerprint density at radius 3 is 2.68 bits per heavy atom. The summed E-state index contributed by atoms with van der Waals surface area (Å²) in [4.78, 5) is 14.2. The van der Waals surface area contributed by atoms with Crippen molar-refractivity contribution in [2.75, 3.05) is 6.54 Å². The van der Waals surface area contributed by atoms with Crippen molar-refractivity contribution >= 4 is 0 Å². The van der Waals surface area contributed by atoms with E-state index in [1.807, 2.05) is 18.4 Å². The van der Waals surface area contributed by atoms with Gasteiger partial charge in [0.1, 0.15) is 0 Å². The molecule has 0 saturated carbocycles. The van der Waals surface area contributed by atoms with Gasteiger partial charge in [-0.1, -0.05) is 24.3 Å². The van der Waals surface area contributed by atoms with Crippen LogP contribution in [0.5, 0.6) is 5.75 Å². The molecule has 0 radical (unpaired) electrons. The molecule has 1 aliphatic heterocycles. The van der Waals surface area contributed by atoms with E-state index < -0.39 is 0 Å². The molecule has 4 nitrogen and oxygen atoms in total. The van der Waals surface area contributed by atoms with Crippen molar-refractivity contribution in [3.63, 3.8) is 0 Å². The third kappa shape index (κ3) is 2.66. The predicted molar refractivity (Wildman–Crippen MR) is 87.0 cm³/mol. The number of hydrogen-bond donors (Lipinski definition) is 1. The first-order valence-electron chi connectivity index (χ1n) is 7.81. The Hall–Kier alpha value is -2.07. The fourth-order valence-corrected chi connectivity index (χ4v) is 3.32.